The van der Waals surface area contributed by atoms with Crippen molar-refractivity contribution < 1.29 is 9.90 Å². The molecule has 2 saturated carbocycles. The van der Waals surface area contributed by atoms with Crippen molar-refractivity contribution in [2.75, 3.05) is 6.54 Å². The molecule has 0 radical (unpaired) electrons. The van der Waals surface area contributed by atoms with Crippen molar-refractivity contribution in [3.05, 3.63) is 0 Å². The number of rotatable bonds is 9. The first-order valence-electron chi connectivity index (χ1n) is 10.9. The summed E-state index contributed by atoms with van der Waals surface area (Å²) in [5.41, 5.74) is 0. The van der Waals surface area contributed by atoms with Gasteiger partial charge in [-0.3, -0.25) is 0 Å². The van der Waals surface area contributed by atoms with Gasteiger partial charge in [0, 0.05) is 18.6 Å². The fourth-order valence-corrected chi connectivity index (χ4v) is 4.63. The number of nitrogens with one attached hydrogen (secondary N) is 4. The Morgan fingerprint density at radius 1 is 0.857 bits per heavy atom. The van der Waals surface area contributed by atoms with Crippen LogP contribution in [0, 0.1) is 0 Å². The Bertz CT molecular complexity index is 506. The topological polar surface area (TPSA) is 85.4 Å². The Morgan fingerprint density at radius 2 is 1.39 bits per heavy atom. The third kappa shape index (κ3) is 9.37. The third-order valence-electron chi connectivity index (χ3n) is 5.69. The van der Waals surface area contributed by atoms with Crippen molar-refractivity contribution in [1.29, 1.82) is 0 Å². The summed E-state index contributed by atoms with van der Waals surface area (Å²) in [6.07, 6.45) is 14.4. The molecular formula is C20H36N4O2S2. The summed E-state index contributed by atoms with van der Waals surface area (Å²) in [6.45, 7) is 0.760. The molecule has 6 nitrogen and oxygen atoms in total. The zero-order valence-electron chi connectivity index (χ0n) is 16.8. The molecule has 0 bridgehead atoms. The Balaban J connectivity index is 1.57. The quantitative estimate of drug-likeness (QED) is 0.283. The van der Waals surface area contributed by atoms with Gasteiger partial charge in [-0.15, -0.1) is 0 Å². The summed E-state index contributed by atoms with van der Waals surface area (Å²) >= 11 is 10.7. The minimum Gasteiger partial charge on any atom is -0.480 e. The second-order valence-electron chi connectivity index (χ2n) is 8.07. The number of thiocarbonyl (C=S) groups is 2. The lowest BCUT2D eigenvalue weighted by Gasteiger charge is -2.26. The van der Waals surface area contributed by atoms with Gasteiger partial charge in [-0.2, -0.15) is 0 Å². The van der Waals surface area contributed by atoms with Crippen LogP contribution in [0.25, 0.3) is 0 Å². The van der Waals surface area contributed by atoms with Crippen LogP contribution >= 0.6 is 24.4 Å². The van der Waals surface area contributed by atoms with E-state index in [0.29, 0.717) is 23.6 Å². The Hall–Kier alpha value is -1.15. The van der Waals surface area contributed by atoms with Crippen molar-refractivity contribution in [3.8, 4) is 0 Å². The largest absolute Gasteiger partial charge is 0.480 e. The first kappa shape index (κ1) is 23.1. The molecule has 0 spiro atoms. The molecule has 0 aromatic rings. The maximum atomic E-state index is 11.5. The molecule has 0 aromatic heterocycles. The summed E-state index contributed by atoms with van der Waals surface area (Å²) in [6, 6.07) is 0.244. The van der Waals surface area contributed by atoms with Gasteiger partial charge in [0.2, 0.25) is 0 Å². The second kappa shape index (κ2) is 13.1. The normalized spacial score (nSPS) is 19.4. The lowest BCUT2D eigenvalue weighted by Crippen LogP contribution is -2.49. The second-order valence-corrected chi connectivity index (χ2v) is 8.89. The number of hydrogen-bond donors (Lipinski definition) is 5. The smallest absolute Gasteiger partial charge is 0.326 e. The van der Waals surface area contributed by atoms with E-state index < -0.39 is 12.0 Å². The fraction of sp³-hybridized carbons (Fsp3) is 0.850. The molecular weight excluding hydrogens is 392 g/mol. The van der Waals surface area contributed by atoms with Crippen molar-refractivity contribution in [3.63, 3.8) is 0 Å². The van der Waals surface area contributed by atoms with Crippen LogP contribution in [0.15, 0.2) is 0 Å². The van der Waals surface area contributed by atoms with E-state index in [0.717, 1.165) is 37.3 Å². The molecule has 160 valence electrons. The monoisotopic (exact) mass is 428 g/mol. The molecule has 0 heterocycles. The molecule has 2 aliphatic rings. The highest BCUT2D eigenvalue weighted by molar-refractivity contribution is 7.80. The van der Waals surface area contributed by atoms with Crippen LogP contribution in [0.5, 0.6) is 0 Å². The molecule has 0 saturated heterocycles. The van der Waals surface area contributed by atoms with Crippen molar-refractivity contribution in [2.24, 2.45) is 0 Å². The average molecular weight is 429 g/mol. The van der Waals surface area contributed by atoms with E-state index in [9.17, 15) is 9.90 Å². The molecule has 28 heavy (non-hydrogen) atoms. The summed E-state index contributed by atoms with van der Waals surface area (Å²) in [5, 5.41) is 23.5. The van der Waals surface area contributed by atoms with Crippen molar-refractivity contribution >= 4 is 40.6 Å². The average Bonchev–Trinajstić information content (AvgIpc) is 2.68. The van der Waals surface area contributed by atoms with Crippen LogP contribution < -0.4 is 21.3 Å². The standard InChI is InChI=1S/C20H36N4O2S2/c25-18(26)17(24-20(28)23-16-11-5-2-6-12-16)13-7-8-14-21-19(27)22-15-9-3-1-4-10-15/h15-17H,1-14H2,(H,25,26)(H2,21,22,27)(H2,23,24,28). The molecule has 8 heteroatoms. The van der Waals surface area contributed by atoms with E-state index in [2.05, 4.69) is 21.3 Å². The molecule has 2 rings (SSSR count). The first-order chi connectivity index (χ1) is 13.5. The van der Waals surface area contributed by atoms with Gasteiger partial charge in [0.25, 0.3) is 0 Å². The van der Waals surface area contributed by atoms with Gasteiger partial charge in [-0.25, -0.2) is 4.79 Å². The Kier molecular flexibility index (Phi) is 10.9. The molecule has 1 atom stereocenters. The predicted molar refractivity (Wildman–Crippen MR) is 122 cm³/mol. The highest BCUT2D eigenvalue weighted by atomic mass is 32.1. The number of hydrogen-bond acceptors (Lipinski definition) is 3. The van der Waals surface area contributed by atoms with Crippen LogP contribution in [0.3, 0.4) is 0 Å². The minimum absolute atomic E-state index is 0.380. The minimum atomic E-state index is -0.852. The van der Waals surface area contributed by atoms with E-state index in [1.807, 2.05) is 0 Å². The van der Waals surface area contributed by atoms with Crippen LogP contribution in [0.1, 0.15) is 83.5 Å². The van der Waals surface area contributed by atoms with Crippen LogP contribution in [0.2, 0.25) is 0 Å². The summed E-state index contributed by atoms with van der Waals surface area (Å²) in [7, 11) is 0. The number of unbranched alkanes of at least 4 members (excludes halogenated alkanes) is 1. The van der Waals surface area contributed by atoms with Gasteiger partial charge in [0.15, 0.2) is 10.2 Å². The Morgan fingerprint density at radius 3 is 1.93 bits per heavy atom. The van der Waals surface area contributed by atoms with Crippen molar-refractivity contribution in [2.45, 2.75) is 102 Å². The molecule has 0 amide bonds. The van der Waals surface area contributed by atoms with E-state index in [-0.39, 0.29) is 0 Å². The highest BCUT2D eigenvalue weighted by Gasteiger charge is 2.20. The summed E-state index contributed by atoms with van der Waals surface area (Å²) in [5.74, 6) is -0.852. The Labute approximate surface area is 180 Å². The molecule has 2 fully saturated rings. The molecule has 5 N–H and O–H groups in total. The molecule has 1 unspecified atom stereocenters. The van der Waals surface area contributed by atoms with Crippen LogP contribution in [0.4, 0.5) is 0 Å². The first-order valence-corrected chi connectivity index (χ1v) is 11.7. The van der Waals surface area contributed by atoms with Gasteiger partial charge in [0.1, 0.15) is 6.04 Å². The molecule has 2 aliphatic carbocycles. The van der Waals surface area contributed by atoms with Crippen LogP contribution in [-0.4, -0.2) is 46.0 Å². The van der Waals surface area contributed by atoms with E-state index in [4.69, 9.17) is 24.4 Å². The molecule has 0 aliphatic heterocycles. The maximum absolute atomic E-state index is 11.5. The SMILES string of the molecule is O=C(O)C(CCCCNC(=S)NC1CCCCC1)NC(=S)NC1CCCCC1. The van der Waals surface area contributed by atoms with E-state index >= 15 is 0 Å². The third-order valence-corrected chi connectivity index (χ3v) is 6.19. The van der Waals surface area contributed by atoms with Gasteiger partial charge in [-0.1, -0.05) is 38.5 Å². The van der Waals surface area contributed by atoms with Gasteiger partial charge >= 0.3 is 5.97 Å². The number of carboxylic acid groups (broad SMARTS) is 1. The number of carboxylic acids is 1. The summed E-state index contributed by atoms with van der Waals surface area (Å²) in [4.78, 5) is 11.5. The maximum Gasteiger partial charge on any atom is 0.326 e. The van der Waals surface area contributed by atoms with Gasteiger partial charge < -0.3 is 26.4 Å². The lowest BCUT2D eigenvalue weighted by molar-refractivity contribution is -0.139. The zero-order valence-corrected chi connectivity index (χ0v) is 18.4. The number of aliphatic carboxylic acids is 1. The lowest BCUT2D eigenvalue weighted by atomic mass is 9.96. The summed E-state index contributed by atoms with van der Waals surface area (Å²) < 4.78 is 0. The predicted octanol–water partition coefficient (Wildman–Crippen LogP) is 3.20. The van der Waals surface area contributed by atoms with Gasteiger partial charge in [-0.05, 0) is 69.4 Å². The van der Waals surface area contributed by atoms with Crippen molar-refractivity contribution in [1.82, 2.24) is 21.3 Å². The number of carbonyl (C=O) groups is 1. The molecule has 0 aromatic carbocycles. The van der Waals surface area contributed by atoms with E-state index in [1.54, 1.807) is 0 Å². The fourth-order valence-electron chi connectivity index (χ4n) is 4.05. The van der Waals surface area contributed by atoms with E-state index in [1.165, 1.54) is 51.4 Å². The highest BCUT2D eigenvalue weighted by Crippen LogP contribution is 2.18. The van der Waals surface area contributed by atoms with Gasteiger partial charge in [0.05, 0.1) is 0 Å². The zero-order chi connectivity index (χ0) is 20.2. The van der Waals surface area contributed by atoms with Crippen LogP contribution in [-0.2, 0) is 4.79 Å².